The van der Waals surface area contributed by atoms with Gasteiger partial charge in [-0.2, -0.15) is 5.10 Å². The second-order valence-electron chi connectivity index (χ2n) is 4.35. The molecule has 2 aromatic rings. The highest BCUT2D eigenvalue weighted by molar-refractivity contribution is 7.99. The fourth-order valence-electron chi connectivity index (χ4n) is 1.74. The van der Waals surface area contributed by atoms with Crippen molar-refractivity contribution in [1.82, 2.24) is 15.2 Å². The summed E-state index contributed by atoms with van der Waals surface area (Å²) in [6, 6.07) is 5.84. The van der Waals surface area contributed by atoms with Crippen LogP contribution in [0, 0.1) is 13.8 Å². The third-order valence-corrected chi connectivity index (χ3v) is 3.26. The molecule has 20 heavy (non-hydrogen) atoms. The maximum Gasteiger partial charge on any atom is 0.270 e. The van der Waals surface area contributed by atoms with Gasteiger partial charge >= 0.3 is 0 Å². The standard InChI is InChI=1S/C13H14N4O2S/c1-8-3-9(2)5-10(4-8)15-12(19)7-20-13-16-11(18)6-14-17-13/h3-6H,7H2,1-2H3,(H,15,19)(H,16,17,18). The molecule has 0 aliphatic heterocycles. The fourth-order valence-corrected chi connectivity index (χ4v) is 2.36. The quantitative estimate of drug-likeness (QED) is 0.833. The Balaban J connectivity index is 1.94. The van der Waals surface area contributed by atoms with Crippen LogP contribution in [0.5, 0.6) is 0 Å². The average molecular weight is 290 g/mol. The zero-order valence-electron chi connectivity index (χ0n) is 11.1. The van der Waals surface area contributed by atoms with Crippen molar-refractivity contribution < 1.29 is 4.79 Å². The molecule has 0 spiro atoms. The molecule has 0 saturated heterocycles. The van der Waals surface area contributed by atoms with Gasteiger partial charge in [-0.15, -0.1) is 5.10 Å². The molecule has 0 radical (unpaired) electrons. The molecule has 0 saturated carbocycles. The molecule has 0 fully saturated rings. The number of nitrogens with zero attached hydrogens (tertiary/aromatic N) is 2. The molecule has 2 N–H and O–H groups in total. The van der Waals surface area contributed by atoms with Crippen molar-refractivity contribution in [2.45, 2.75) is 19.0 Å². The maximum atomic E-state index is 11.8. The summed E-state index contributed by atoms with van der Waals surface area (Å²) in [5.74, 6) is -0.00626. The molecule has 1 heterocycles. The van der Waals surface area contributed by atoms with Gasteiger partial charge in [0.1, 0.15) is 6.20 Å². The summed E-state index contributed by atoms with van der Waals surface area (Å²) < 4.78 is 0. The fraction of sp³-hybridized carbons (Fsp3) is 0.231. The number of aryl methyl sites for hydroxylation is 2. The predicted molar refractivity (Wildman–Crippen MR) is 77.9 cm³/mol. The van der Waals surface area contributed by atoms with Gasteiger partial charge in [-0.1, -0.05) is 17.8 Å². The number of aromatic amines is 1. The van der Waals surface area contributed by atoms with Crippen LogP contribution in [0.2, 0.25) is 0 Å². The Labute approximate surface area is 120 Å². The number of benzene rings is 1. The highest BCUT2D eigenvalue weighted by atomic mass is 32.2. The molecule has 1 aromatic heterocycles. The van der Waals surface area contributed by atoms with E-state index in [2.05, 4.69) is 20.5 Å². The highest BCUT2D eigenvalue weighted by Gasteiger charge is 2.06. The Morgan fingerprint density at radius 3 is 2.65 bits per heavy atom. The van der Waals surface area contributed by atoms with Crippen molar-refractivity contribution in [2.75, 3.05) is 11.1 Å². The van der Waals surface area contributed by atoms with Gasteiger partial charge in [-0.25, -0.2) is 0 Å². The number of aromatic nitrogens is 3. The van der Waals surface area contributed by atoms with Gasteiger partial charge in [0.05, 0.1) is 5.75 Å². The molecular formula is C13H14N4O2S. The van der Waals surface area contributed by atoms with Gasteiger partial charge in [0, 0.05) is 5.69 Å². The first-order chi connectivity index (χ1) is 9.52. The lowest BCUT2D eigenvalue weighted by molar-refractivity contribution is -0.113. The minimum atomic E-state index is -0.336. The van der Waals surface area contributed by atoms with E-state index in [1.54, 1.807) is 0 Å². The van der Waals surface area contributed by atoms with Crippen molar-refractivity contribution in [1.29, 1.82) is 0 Å². The van der Waals surface area contributed by atoms with E-state index in [1.807, 2.05) is 32.0 Å². The molecule has 1 aromatic carbocycles. The van der Waals surface area contributed by atoms with Crippen LogP contribution in [0.1, 0.15) is 11.1 Å². The van der Waals surface area contributed by atoms with Crippen LogP contribution >= 0.6 is 11.8 Å². The minimum Gasteiger partial charge on any atom is -0.325 e. The van der Waals surface area contributed by atoms with Gasteiger partial charge in [0.25, 0.3) is 5.56 Å². The minimum absolute atomic E-state index is 0.154. The first-order valence-corrected chi connectivity index (χ1v) is 6.94. The van der Waals surface area contributed by atoms with E-state index in [0.717, 1.165) is 34.8 Å². The summed E-state index contributed by atoms with van der Waals surface area (Å²) in [4.78, 5) is 25.3. The number of carbonyl (C=O) groups is 1. The number of thioether (sulfide) groups is 1. The lowest BCUT2D eigenvalue weighted by Crippen LogP contribution is -2.15. The van der Waals surface area contributed by atoms with Crippen molar-refractivity contribution in [2.24, 2.45) is 0 Å². The lowest BCUT2D eigenvalue weighted by Gasteiger charge is -2.07. The second kappa shape index (κ2) is 6.33. The first-order valence-electron chi connectivity index (χ1n) is 5.96. The summed E-state index contributed by atoms with van der Waals surface area (Å²) in [5.41, 5.74) is 2.61. The number of hydrogen-bond acceptors (Lipinski definition) is 5. The van der Waals surface area contributed by atoms with Crippen LogP contribution in [0.15, 0.2) is 34.3 Å². The second-order valence-corrected chi connectivity index (χ2v) is 5.32. The Kier molecular flexibility index (Phi) is 4.52. The lowest BCUT2D eigenvalue weighted by atomic mass is 10.1. The van der Waals surface area contributed by atoms with E-state index in [4.69, 9.17) is 0 Å². The number of amides is 1. The average Bonchev–Trinajstić information content (AvgIpc) is 2.35. The Bertz CT molecular complexity index is 664. The molecule has 1 amide bonds. The number of hydrogen-bond donors (Lipinski definition) is 2. The topological polar surface area (TPSA) is 87.7 Å². The van der Waals surface area contributed by atoms with Gasteiger partial charge in [0.15, 0.2) is 5.16 Å². The van der Waals surface area contributed by atoms with Crippen LogP contribution < -0.4 is 10.9 Å². The molecular weight excluding hydrogens is 276 g/mol. The number of H-pyrrole nitrogens is 1. The van der Waals surface area contributed by atoms with Gasteiger partial charge < -0.3 is 5.32 Å². The zero-order valence-corrected chi connectivity index (χ0v) is 12.0. The molecule has 104 valence electrons. The van der Waals surface area contributed by atoms with Crippen LogP contribution in [0.25, 0.3) is 0 Å². The summed E-state index contributed by atoms with van der Waals surface area (Å²) in [6.07, 6.45) is 1.08. The van der Waals surface area contributed by atoms with Crippen LogP contribution in [0.4, 0.5) is 5.69 Å². The monoisotopic (exact) mass is 290 g/mol. The normalized spacial score (nSPS) is 10.3. The number of carbonyl (C=O) groups excluding carboxylic acids is 1. The molecule has 6 nitrogen and oxygen atoms in total. The van der Waals surface area contributed by atoms with E-state index in [1.165, 1.54) is 0 Å². The summed E-state index contributed by atoms with van der Waals surface area (Å²) in [7, 11) is 0. The van der Waals surface area contributed by atoms with Gasteiger partial charge in [0.2, 0.25) is 5.91 Å². The van der Waals surface area contributed by atoms with E-state index < -0.39 is 0 Å². The zero-order chi connectivity index (χ0) is 14.5. The smallest absolute Gasteiger partial charge is 0.270 e. The SMILES string of the molecule is Cc1cc(C)cc(NC(=O)CSc2nncc(=O)[nH]2)c1. The molecule has 0 unspecified atom stereocenters. The largest absolute Gasteiger partial charge is 0.325 e. The van der Waals surface area contributed by atoms with E-state index in [0.29, 0.717) is 5.16 Å². The molecule has 7 heteroatoms. The summed E-state index contributed by atoms with van der Waals surface area (Å²) in [6.45, 7) is 3.95. The Morgan fingerprint density at radius 1 is 1.30 bits per heavy atom. The summed E-state index contributed by atoms with van der Waals surface area (Å²) >= 11 is 1.13. The molecule has 2 rings (SSSR count). The maximum absolute atomic E-state index is 11.8. The van der Waals surface area contributed by atoms with Gasteiger partial charge in [-0.3, -0.25) is 14.6 Å². The van der Waals surface area contributed by atoms with Crippen LogP contribution in [-0.4, -0.2) is 26.8 Å². The molecule has 0 bridgehead atoms. The van der Waals surface area contributed by atoms with Crippen molar-refractivity contribution >= 4 is 23.4 Å². The van der Waals surface area contributed by atoms with Crippen LogP contribution in [-0.2, 0) is 4.79 Å². The third kappa shape index (κ3) is 4.20. The molecule has 0 atom stereocenters. The summed E-state index contributed by atoms with van der Waals surface area (Å²) in [5, 5.41) is 10.4. The Morgan fingerprint density at radius 2 is 2.00 bits per heavy atom. The van der Waals surface area contributed by atoms with E-state index >= 15 is 0 Å². The third-order valence-electron chi connectivity index (χ3n) is 2.40. The van der Waals surface area contributed by atoms with Gasteiger partial charge in [-0.05, 0) is 37.1 Å². The van der Waals surface area contributed by atoms with Crippen molar-refractivity contribution in [3.8, 4) is 0 Å². The molecule has 0 aliphatic rings. The van der Waals surface area contributed by atoms with Crippen LogP contribution in [0.3, 0.4) is 0 Å². The van der Waals surface area contributed by atoms with E-state index in [-0.39, 0.29) is 17.2 Å². The number of nitrogens with one attached hydrogen (secondary N) is 2. The highest BCUT2D eigenvalue weighted by Crippen LogP contribution is 2.15. The van der Waals surface area contributed by atoms with Crippen molar-refractivity contribution in [3.05, 3.63) is 45.9 Å². The molecule has 0 aliphatic carbocycles. The number of rotatable bonds is 4. The van der Waals surface area contributed by atoms with E-state index in [9.17, 15) is 9.59 Å². The number of anilines is 1. The Hall–Kier alpha value is -2.15. The predicted octanol–water partition coefficient (Wildman–Crippen LogP) is 1.51. The van der Waals surface area contributed by atoms with Crippen molar-refractivity contribution in [3.63, 3.8) is 0 Å². The first kappa shape index (κ1) is 14.3.